The molecule has 1 atom stereocenters. The molecule has 0 spiro atoms. The van der Waals surface area contributed by atoms with Crippen LogP contribution in [0.4, 0.5) is 5.13 Å². The van der Waals surface area contributed by atoms with Crippen LogP contribution in [0.5, 0.6) is 0 Å². The predicted octanol–water partition coefficient (Wildman–Crippen LogP) is 0.202. The molecule has 0 radical (unpaired) electrons. The van der Waals surface area contributed by atoms with E-state index in [4.69, 9.17) is 5.73 Å². The maximum Gasteiger partial charge on any atom is 0.252 e. The van der Waals surface area contributed by atoms with E-state index in [1.165, 1.54) is 6.33 Å². The highest BCUT2D eigenvalue weighted by molar-refractivity contribution is 7.91. The van der Waals surface area contributed by atoms with E-state index in [0.717, 1.165) is 11.3 Å². The minimum absolute atomic E-state index is 0.124. The maximum atomic E-state index is 12.2. The summed E-state index contributed by atoms with van der Waals surface area (Å²) in [5.41, 5.74) is 5.90. The summed E-state index contributed by atoms with van der Waals surface area (Å²) < 4.78 is 28.8. The lowest BCUT2D eigenvalue weighted by atomic mass is 10.3. The fourth-order valence-corrected chi connectivity index (χ4v) is 4.19. The third-order valence-corrected chi connectivity index (χ3v) is 5.62. The van der Waals surface area contributed by atoms with Crippen molar-refractivity contribution in [1.82, 2.24) is 24.5 Å². The van der Waals surface area contributed by atoms with Crippen LogP contribution in [0.15, 0.2) is 10.5 Å². The molecule has 2 heterocycles. The highest BCUT2D eigenvalue weighted by atomic mass is 32.2. The van der Waals surface area contributed by atoms with E-state index in [1.807, 2.05) is 0 Å². The molecule has 8 nitrogen and oxygen atoms in total. The van der Waals surface area contributed by atoms with E-state index < -0.39 is 16.1 Å². The van der Waals surface area contributed by atoms with Gasteiger partial charge in [-0.25, -0.2) is 13.4 Å². The van der Waals surface area contributed by atoms with Gasteiger partial charge >= 0.3 is 0 Å². The molecule has 1 unspecified atom stereocenters. The SMILES string of the molecule is Cc1nc(N)sc1S(=O)(=O)NC(C)c1nncn1C. The molecule has 2 aromatic rings. The number of anilines is 1. The molecule has 10 heteroatoms. The lowest BCUT2D eigenvalue weighted by Crippen LogP contribution is -2.28. The number of aromatic nitrogens is 4. The number of thiazole rings is 1. The van der Waals surface area contributed by atoms with Gasteiger partial charge in [0.2, 0.25) is 0 Å². The van der Waals surface area contributed by atoms with Crippen molar-refractivity contribution < 1.29 is 8.42 Å². The average Bonchev–Trinajstić information content (AvgIpc) is 2.84. The Bertz CT molecular complexity index is 689. The molecule has 0 bridgehead atoms. The molecular formula is C9H14N6O2S2. The number of rotatable bonds is 4. The Balaban J connectivity index is 2.28. The Morgan fingerprint density at radius 3 is 2.68 bits per heavy atom. The van der Waals surface area contributed by atoms with Crippen molar-refractivity contribution in [2.45, 2.75) is 24.1 Å². The van der Waals surface area contributed by atoms with Gasteiger partial charge < -0.3 is 10.3 Å². The summed E-state index contributed by atoms with van der Waals surface area (Å²) in [7, 11) is -1.92. The van der Waals surface area contributed by atoms with Crippen LogP contribution in [-0.4, -0.2) is 28.2 Å². The van der Waals surface area contributed by atoms with Gasteiger partial charge in [0.15, 0.2) is 9.34 Å². The number of sulfonamides is 1. The van der Waals surface area contributed by atoms with Crippen LogP contribution in [-0.2, 0) is 17.1 Å². The van der Waals surface area contributed by atoms with Crippen LogP contribution in [0.1, 0.15) is 24.5 Å². The molecule has 0 aromatic carbocycles. The van der Waals surface area contributed by atoms with E-state index in [1.54, 1.807) is 25.5 Å². The molecule has 2 rings (SSSR count). The van der Waals surface area contributed by atoms with Crippen LogP contribution in [0.2, 0.25) is 0 Å². The standard InChI is InChI=1S/C9H14N6O2S2/c1-5(7-13-11-4-15(7)3)14-19(16,17)8-6(2)12-9(10)18-8/h4-5,14H,1-3H3,(H2,10,12). The van der Waals surface area contributed by atoms with Crippen molar-refractivity contribution in [1.29, 1.82) is 0 Å². The third-order valence-electron chi connectivity index (χ3n) is 2.48. The summed E-state index contributed by atoms with van der Waals surface area (Å²) in [6.07, 6.45) is 1.51. The van der Waals surface area contributed by atoms with Gasteiger partial charge in [0, 0.05) is 7.05 Å². The molecule has 19 heavy (non-hydrogen) atoms. The van der Waals surface area contributed by atoms with Crippen molar-refractivity contribution in [3.05, 3.63) is 17.8 Å². The molecule has 0 saturated heterocycles. The van der Waals surface area contributed by atoms with Gasteiger partial charge in [-0.15, -0.1) is 10.2 Å². The van der Waals surface area contributed by atoms with Crippen LogP contribution in [0.25, 0.3) is 0 Å². The van der Waals surface area contributed by atoms with Crippen molar-refractivity contribution in [2.75, 3.05) is 5.73 Å². The van der Waals surface area contributed by atoms with Gasteiger partial charge in [-0.2, -0.15) is 4.72 Å². The van der Waals surface area contributed by atoms with Crippen LogP contribution >= 0.6 is 11.3 Å². The van der Waals surface area contributed by atoms with Gasteiger partial charge in [-0.05, 0) is 13.8 Å². The highest BCUT2D eigenvalue weighted by Crippen LogP contribution is 2.26. The topological polar surface area (TPSA) is 116 Å². The Morgan fingerprint density at radius 1 is 1.53 bits per heavy atom. The monoisotopic (exact) mass is 302 g/mol. The van der Waals surface area contributed by atoms with Crippen LogP contribution in [0.3, 0.4) is 0 Å². The molecule has 0 saturated carbocycles. The first-order chi connectivity index (χ1) is 8.81. The second-order valence-corrected chi connectivity index (χ2v) is 7.01. The predicted molar refractivity (Wildman–Crippen MR) is 71.0 cm³/mol. The normalized spacial score (nSPS) is 13.6. The zero-order chi connectivity index (χ0) is 14.2. The van der Waals surface area contributed by atoms with Crippen LogP contribution in [0, 0.1) is 6.92 Å². The lowest BCUT2D eigenvalue weighted by molar-refractivity contribution is 0.554. The van der Waals surface area contributed by atoms with E-state index >= 15 is 0 Å². The maximum absolute atomic E-state index is 12.2. The molecule has 0 aliphatic carbocycles. The van der Waals surface area contributed by atoms with Gasteiger partial charge in [0.1, 0.15) is 12.2 Å². The zero-order valence-corrected chi connectivity index (χ0v) is 12.3. The van der Waals surface area contributed by atoms with Gasteiger partial charge in [-0.1, -0.05) is 11.3 Å². The Labute approximate surface area is 114 Å². The first-order valence-corrected chi connectivity index (χ1v) is 7.70. The summed E-state index contributed by atoms with van der Waals surface area (Å²) in [4.78, 5) is 3.91. The number of nitrogen functional groups attached to an aromatic ring is 1. The smallest absolute Gasteiger partial charge is 0.252 e. The second-order valence-electron chi connectivity index (χ2n) is 4.07. The minimum Gasteiger partial charge on any atom is -0.375 e. The van der Waals surface area contributed by atoms with Crippen molar-refractivity contribution in [3.8, 4) is 0 Å². The molecule has 2 aromatic heterocycles. The van der Waals surface area contributed by atoms with E-state index in [-0.39, 0.29) is 9.34 Å². The average molecular weight is 302 g/mol. The number of hydrogen-bond acceptors (Lipinski definition) is 7. The fraction of sp³-hybridized carbons (Fsp3) is 0.444. The van der Waals surface area contributed by atoms with Gasteiger partial charge in [0.05, 0.1) is 11.7 Å². The summed E-state index contributed by atoms with van der Waals surface area (Å²) in [5.74, 6) is 0.527. The van der Waals surface area contributed by atoms with Crippen molar-refractivity contribution in [3.63, 3.8) is 0 Å². The number of nitrogens with two attached hydrogens (primary N) is 1. The number of nitrogens with zero attached hydrogens (tertiary/aromatic N) is 4. The molecule has 3 N–H and O–H groups in total. The van der Waals surface area contributed by atoms with Crippen molar-refractivity contribution in [2.24, 2.45) is 7.05 Å². The Kier molecular flexibility index (Phi) is 3.56. The molecule has 0 fully saturated rings. The molecular weight excluding hydrogens is 288 g/mol. The summed E-state index contributed by atoms with van der Waals surface area (Å²) >= 11 is 0.938. The number of aryl methyl sites for hydroxylation is 2. The first-order valence-electron chi connectivity index (χ1n) is 5.40. The molecule has 0 aliphatic rings. The van der Waals surface area contributed by atoms with E-state index in [9.17, 15) is 8.42 Å². The fourth-order valence-electron chi connectivity index (χ4n) is 1.68. The molecule has 104 valence electrons. The van der Waals surface area contributed by atoms with Gasteiger partial charge in [0.25, 0.3) is 10.0 Å². The highest BCUT2D eigenvalue weighted by Gasteiger charge is 2.25. The molecule has 0 amide bonds. The second kappa shape index (κ2) is 4.87. The third kappa shape index (κ3) is 2.74. The number of hydrogen-bond donors (Lipinski definition) is 2. The first kappa shape index (κ1) is 13.9. The summed E-state index contributed by atoms with van der Waals surface area (Å²) in [6, 6.07) is -0.500. The minimum atomic E-state index is -3.67. The summed E-state index contributed by atoms with van der Waals surface area (Å²) in [6.45, 7) is 3.30. The molecule has 0 aliphatic heterocycles. The quantitative estimate of drug-likeness (QED) is 0.833. The number of nitrogens with one attached hydrogen (secondary N) is 1. The lowest BCUT2D eigenvalue weighted by Gasteiger charge is -2.12. The summed E-state index contributed by atoms with van der Waals surface area (Å²) in [5, 5.41) is 7.81. The zero-order valence-electron chi connectivity index (χ0n) is 10.7. The Hall–Kier alpha value is -1.52. The van der Waals surface area contributed by atoms with E-state index in [0.29, 0.717) is 11.5 Å². The van der Waals surface area contributed by atoms with Crippen molar-refractivity contribution >= 4 is 26.5 Å². The largest absolute Gasteiger partial charge is 0.375 e. The Morgan fingerprint density at radius 2 is 2.21 bits per heavy atom. The van der Waals surface area contributed by atoms with Gasteiger partial charge in [-0.3, -0.25) is 0 Å². The van der Waals surface area contributed by atoms with Crippen LogP contribution < -0.4 is 10.5 Å². The van der Waals surface area contributed by atoms with E-state index in [2.05, 4.69) is 19.9 Å².